The first-order chi connectivity index (χ1) is 6.97. The summed E-state index contributed by atoms with van der Waals surface area (Å²) in [4.78, 5) is 19.7. The van der Waals surface area contributed by atoms with Gasteiger partial charge in [0, 0.05) is 5.56 Å². The quantitative estimate of drug-likeness (QED) is 0.439. The highest BCUT2D eigenvalue weighted by molar-refractivity contribution is 5.67. The number of benzene rings is 1. The van der Waals surface area contributed by atoms with Crippen LogP contribution in [0.1, 0.15) is 5.56 Å². The molecule has 1 rings (SSSR count). The number of hydrazine groups is 1. The van der Waals surface area contributed by atoms with E-state index in [1.165, 1.54) is 13.0 Å². The average molecular weight is 212 g/mol. The lowest BCUT2D eigenvalue weighted by Gasteiger charge is -2.03. The van der Waals surface area contributed by atoms with Gasteiger partial charge in [0.15, 0.2) is 0 Å². The number of nitro groups is 2. The molecule has 80 valence electrons. The van der Waals surface area contributed by atoms with Crippen molar-refractivity contribution in [2.24, 2.45) is 5.84 Å². The molecule has 0 bridgehead atoms. The van der Waals surface area contributed by atoms with Crippen molar-refractivity contribution in [3.8, 4) is 0 Å². The molecule has 0 atom stereocenters. The molecule has 0 aromatic heterocycles. The topological polar surface area (TPSA) is 124 Å². The van der Waals surface area contributed by atoms with Crippen molar-refractivity contribution in [3.63, 3.8) is 0 Å². The molecule has 0 aliphatic heterocycles. The van der Waals surface area contributed by atoms with Gasteiger partial charge in [-0.15, -0.1) is 0 Å². The Morgan fingerprint density at radius 2 is 1.73 bits per heavy atom. The molecule has 15 heavy (non-hydrogen) atoms. The third kappa shape index (κ3) is 1.99. The summed E-state index contributed by atoms with van der Waals surface area (Å²) < 4.78 is 0. The molecule has 0 unspecified atom stereocenters. The molecule has 0 heterocycles. The van der Waals surface area contributed by atoms with Crippen molar-refractivity contribution < 1.29 is 9.85 Å². The first kappa shape index (κ1) is 10.9. The van der Waals surface area contributed by atoms with Gasteiger partial charge in [-0.1, -0.05) is 0 Å². The van der Waals surface area contributed by atoms with Crippen LogP contribution in [0.2, 0.25) is 0 Å². The molecule has 0 aliphatic rings. The van der Waals surface area contributed by atoms with E-state index < -0.39 is 15.5 Å². The summed E-state index contributed by atoms with van der Waals surface area (Å²) in [5, 5.41) is 21.1. The van der Waals surface area contributed by atoms with E-state index in [2.05, 4.69) is 5.43 Å². The molecule has 0 amide bonds. The van der Waals surface area contributed by atoms with Crippen LogP contribution >= 0.6 is 0 Å². The monoisotopic (exact) mass is 212 g/mol. The van der Waals surface area contributed by atoms with E-state index in [0.29, 0.717) is 5.56 Å². The van der Waals surface area contributed by atoms with Crippen molar-refractivity contribution in [3.05, 3.63) is 37.9 Å². The summed E-state index contributed by atoms with van der Waals surface area (Å²) in [6.45, 7) is 1.47. The van der Waals surface area contributed by atoms with Gasteiger partial charge < -0.3 is 5.43 Å². The number of nitrogens with two attached hydrogens (primary N) is 1. The Labute approximate surface area is 84.0 Å². The number of hydrogen-bond donors (Lipinski definition) is 2. The second-order valence-electron chi connectivity index (χ2n) is 2.81. The van der Waals surface area contributed by atoms with Gasteiger partial charge in [0.2, 0.25) is 0 Å². The van der Waals surface area contributed by atoms with E-state index in [9.17, 15) is 20.2 Å². The van der Waals surface area contributed by atoms with Crippen LogP contribution in [-0.2, 0) is 0 Å². The molecule has 0 spiro atoms. The number of nitro benzene ring substituents is 2. The Balaban J connectivity index is 3.43. The van der Waals surface area contributed by atoms with E-state index in [0.717, 1.165) is 6.07 Å². The van der Waals surface area contributed by atoms with Gasteiger partial charge >= 0.3 is 5.69 Å². The largest absolute Gasteiger partial charge is 0.318 e. The molecule has 1 aromatic carbocycles. The minimum atomic E-state index is -0.734. The lowest BCUT2D eigenvalue weighted by Crippen LogP contribution is -2.10. The van der Waals surface area contributed by atoms with Crippen molar-refractivity contribution in [1.82, 2.24) is 0 Å². The number of aryl methyl sites for hydroxylation is 1. The first-order valence-electron chi connectivity index (χ1n) is 3.87. The third-order valence-electron chi connectivity index (χ3n) is 1.86. The first-order valence-corrected chi connectivity index (χ1v) is 3.87. The van der Waals surface area contributed by atoms with Crippen LogP contribution in [0.25, 0.3) is 0 Å². The molecule has 1 aromatic rings. The Morgan fingerprint density at radius 3 is 2.13 bits per heavy atom. The molecular formula is C7H8N4O4. The van der Waals surface area contributed by atoms with Crippen LogP contribution in [-0.4, -0.2) is 9.85 Å². The fourth-order valence-electron chi connectivity index (χ4n) is 1.15. The van der Waals surface area contributed by atoms with Crippen LogP contribution in [0.5, 0.6) is 0 Å². The molecule has 0 radical (unpaired) electrons. The Bertz CT molecular complexity index is 431. The lowest BCUT2D eigenvalue weighted by molar-refractivity contribution is -0.394. The average Bonchev–Trinajstić information content (AvgIpc) is 2.16. The molecule has 8 heteroatoms. The molecule has 0 aliphatic carbocycles. The van der Waals surface area contributed by atoms with Crippen molar-refractivity contribution in [2.45, 2.75) is 6.92 Å². The van der Waals surface area contributed by atoms with Gasteiger partial charge in [0.25, 0.3) is 5.69 Å². The van der Waals surface area contributed by atoms with E-state index in [4.69, 9.17) is 5.84 Å². The number of nitrogens with zero attached hydrogens (tertiary/aromatic N) is 2. The molecule has 3 N–H and O–H groups in total. The number of rotatable bonds is 3. The van der Waals surface area contributed by atoms with Gasteiger partial charge in [-0.2, -0.15) is 0 Å². The van der Waals surface area contributed by atoms with Gasteiger partial charge in [0.05, 0.1) is 15.9 Å². The number of anilines is 1. The van der Waals surface area contributed by atoms with Crippen LogP contribution in [0.15, 0.2) is 12.1 Å². The van der Waals surface area contributed by atoms with Crippen molar-refractivity contribution in [2.75, 3.05) is 5.43 Å². The highest BCUT2D eigenvalue weighted by Crippen LogP contribution is 2.31. The standard InChI is InChI=1S/C7H8N4O4/c1-4-2-5(9-8)7(11(14)15)3-6(4)10(12)13/h2-3,9H,8H2,1H3. The molecule has 8 nitrogen and oxygen atoms in total. The fraction of sp³-hybridized carbons (Fsp3) is 0.143. The fourth-order valence-corrected chi connectivity index (χ4v) is 1.15. The van der Waals surface area contributed by atoms with Crippen molar-refractivity contribution in [1.29, 1.82) is 0 Å². The van der Waals surface area contributed by atoms with Crippen LogP contribution < -0.4 is 11.3 Å². The SMILES string of the molecule is Cc1cc(NN)c([N+](=O)[O-])cc1[N+](=O)[O-]. The zero-order valence-electron chi connectivity index (χ0n) is 7.76. The summed E-state index contributed by atoms with van der Waals surface area (Å²) in [5.41, 5.74) is 1.74. The van der Waals surface area contributed by atoms with E-state index in [1.807, 2.05) is 0 Å². The predicted octanol–water partition coefficient (Wildman–Crippen LogP) is 1.10. The number of nitrogens with one attached hydrogen (secondary N) is 1. The maximum atomic E-state index is 10.6. The molecule has 0 fully saturated rings. The zero-order chi connectivity index (χ0) is 11.6. The van der Waals surface area contributed by atoms with Crippen LogP contribution in [0.3, 0.4) is 0 Å². The highest BCUT2D eigenvalue weighted by atomic mass is 16.6. The maximum Gasteiger partial charge on any atom is 0.300 e. The summed E-state index contributed by atoms with van der Waals surface area (Å²) >= 11 is 0. The summed E-state index contributed by atoms with van der Waals surface area (Å²) in [6.07, 6.45) is 0. The summed E-state index contributed by atoms with van der Waals surface area (Å²) in [7, 11) is 0. The highest BCUT2D eigenvalue weighted by Gasteiger charge is 2.21. The Morgan fingerprint density at radius 1 is 1.20 bits per heavy atom. The molecular weight excluding hydrogens is 204 g/mol. The normalized spacial score (nSPS) is 9.73. The minimum Gasteiger partial charge on any atom is -0.318 e. The van der Waals surface area contributed by atoms with Gasteiger partial charge in [-0.05, 0) is 13.0 Å². The van der Waals surface area contributed by atoms with Gasteiger partial charge in [-0.3, -0.25) is 26.1 Å². The maximum absolute atomic E-state index is 10.6. The smallest absolute Gasteiger partial charge is 0.300 e. The lowest BCUT2D eigenvalue weighted by atomic mass is 10.1. The number of hydrogen-bond acceptors (Lipinski definition) is 6. The third-order valence-corrected chi connectivity index (χ3v) is 1.86. The molecule has 0 saturated carbocycles. The van der Waals surface area contributed by atoms with E-state index in [1.54, 1.807) is 0 Å². The summed E-state index contributed by atoms with van der Waals surface area (Å²) in [5.74, 6) is 5.06. The second-order valence-corrected chi connectivity index (χ2v) is 2.81. The van der Waals surface area contributed by atoms with E-state index in [-0.39, 0.29) is 11.4 Å². The van der Waals surface area contributed by atoms with Crippen molar-refractivity contribution >= 4 is 17.1 Å². The molecule has 0 saturated heterocycles. The summed E-state index contributed by atoms with van der Waals surface area (Å²) in [6, 6.07) is 2.14. The Kier molecular flexibility index (Phi) is 2.81. The second kappa shape index (κ2) is 3.88. The van der Waals surface area contributed by atoms with Crippen LogP contribution in [0.4, 0.5) is 17.1 Å². The van der Waals surface area contributed by atoms with Gasteiger partial charge in [0.1, 0.15) is 5.69 Å². The van der Waals surface area contributed by atoms with Crippen LogP contribution in [0, 0.1) is 27.2 Å². The zero-order valence-corrected chi connectivity index (χ0v) is 7.76. The van der Waals surface area contributed by atoms with E-state index >= 15 is 0 Å². The predicted molar refractivity (Wildman–Crippen MR) is 52.3 cm³/mol. The minimum absolute atomic E-state index is 0.0445. The number of nitrogen functional groups attached to an aromatic ring is 1. The van der Waals surface area contributed by atoms with Gasteiger partial charge in [-0.25, -0.2) is 0 Å². The Hall–Kier alpha value is -2.22.